The molecule has 1 aliphatic carbocycles. The van der Waals surface area contributed by atoms with Crippen molar-refractivity contribution in [2.45, 2.75) is 219 Å². The van der Waals surface area contributed by atoms with E-state index in [2.05, 4.69) is 24.5 Å². The molecule has 0 unspecified atom stereocenters. The van der Waals surface area contributed by atoms with Crippen LogP contribution in [0.25, 0.3) is 0 Å². The molecule has 3 rings (SSSR count). The van der Waals surface area contributed by atoms with Crippen molar-refractivity contribution in [2.24, 2.45) is 0 Å². The van der Waals surface area contributed by atoms with Crippen molar-refractivity contribution in [3.63, 3.8) is 0 Å². The Morgan fingerprint density at radius 2 is 0.625 bits per heavy atom. The predicted octanol–water partition coefficient (Wildman–Crippen LogP) is 14.9. The molecule has 2 aromatic rings. The van der Waals surface area contributed by atoms with Crippen LogP contribution in [0.5, 0.6) is 0 Å². The lowest BCUT2D eigenvalue weighted by molar-refractivity contribution is -0.117. The molecule has 0 heterocycles. The predicted molar refractivity (Wildman–Crippen MR) is 236 cm³/mol. The summed E-state index contributed by atoms with van der Waals surface area (Å²) in [6, 6.07) is 10.1. The molecular formula is C50H78N2O4. The molecule has 1 aliphatic rings. The average Bonchev–Trinajstić information content (AvgIpc) is 3.20. The van der Waals surface area contributed by atoms with Gasteiger partial charge in [-0.1, -0.05) is 218 Å². The van der Waals surface area contributed by atoms with Crippen LogP contribution in [0.15, 0.2) is 36.4 Å². The standard InChI is InChI=1S/C50H78N2O4/c1-3-5-7-9-11-13-15-17-19-21-23-25-27-29-31-37-45(53)51-43-39-40-44(48-47(43)49(55)41-35-33-34-36-42(41)50(48)56)52-46(54)38-32-30-28-26-24-22-20-18-16-14-12-10-8-6-4-2/h33-36,39-40H,3-32,37-38H2,1-2H3,(H,51,53)(H,52,54). The lowest BCUT2D eigenvalue weighted by Crippen LogP contribution is -2.26. The fraction of sp³-hybridized carbons (Fsp3) is 0.680. The van der Waals surface area contributed by atoms with Gasteiger partial charge in [-0.15, -0.1) is 0 Å². The van der Waals surface area contributed by atoms with Crippen LogP contribution in [-0.4, -0.2) is 23.4 Å². The summed E-state index contributed by atoms with van der Waals surface area (Å²) in [4.78, 5) is 53.8. The molecular weight excluding hydrogens is 693 g/mol. The SMILES string of the molecule is CCCCCCCCCCCCCCCCCC(=O)Nc1ccc(NC(=O)CCCCCCCCCCCCCCCCC)c2c1C(=O)c1ccccc1C2=O. The monoisotopic (exact) mass is 771 g/mol. The molecule has 0 saturated heterocycles. The normalized spacial score (nSPS) is 12.1. The molecule has 0 saturated carbocycles. The summed E-state index contributed by atoms with van der Waals surface area (Å²) in [5.41, 5.74) is 1.65. The van der Waals surface area contributed by atoms with E-state index in [0.717, 1.165) is 38.5 Å². The number of hydrogen-bond donors (Lipinski definition) is 2. The molecule has 0 aromatic heterocycles. The Hall–Kier alpha value is -3.28. The third-order valence-corrected chi connectivity index (χ3v) is 11.6. The van der Waals surface area contributed by atoms with Crippen molar-refractivity contribution in [1.82, 2.24) is 0 Å². The van der Waals surface area contributed by atoms with E-state index in [4.69, 9.17) is 0 Å². The second kappa shape index (κ2) is 29.9. The molecule has 56 heavy (non-hydrogen) atoms. The minimum absolute atomic E-state index is 0.161. The number of ketones is 2. The van der Waals surface area contributed by atoms with Crippen LogP contribution in [0.4, 0.5) is 11.4 Å². The van der Waals surface area contributed by atoms with E-state index in [1.807, 2.05) is 0 Å². The molecule has 0 aliphatic heterocycles. The fourth-order valence-corrected chi connectivity index (χ4v) is 8.17. The second-order valence-electron chi connectivity index (χ2n) is 16.6. The van der Waals surface area contributed by atoms with Gasteiger partial charge in [0.05, 0.1) is 22.5 Å². The van der Waals surface area contributed by atoms with Gasteiger partial charge < -0.3 is 10.6 Å². The number of carbonyl (C=O) groups excluding carboxylic acids is 4. The van der Waals surface area contributed by atoms with Crippen LogP contribution in [0.2, 0.25) is 0 Å². The number of anilines is 2. The van der Waals surface area contributed by atoms with Gasteiger partial charge >= 0.3 is 0 Å². The highest BCUT2D eigenvalue weighted by Crippen LogP contribution is 2.37. The average molecular weight is 771 g/mol. The quantitative estimate of drug-likeness (QED) is 0.0592. The number of amides is 2. The molecule has 312 valence electrons. The molecule has 0 spiro atoms. The number of carbonyl (C=O) groups is 4. The van der Waals surface area contributed by atoms with Gasteiger partial charge in [-0.25, -0.2) is 0 Å². The van der Waals surface area contributed by atoms with Crippen LogP contribution in [0.3, 0.4) is 0 Å². The van der Waals surface area contributed by atoms with E-state index in [1.54, 1.807) is 36.4 Å². The van der Waals surface area contributed by atoms with Gasteiger partial charge in [0.15, 0.2) is 11.6 Å². The zero-order chi connectivity index (χ0) is 40.1. The number of hydrogen-bond acceptors (Lipinski definition) is 4. The summed E-state index contributed by atoms with van der Waals surface area (Å²) in [7, 11) is 0. The van der Waals surface area contributed by atoms with Crippen molar-refractivity contribution < 1.29 is 19.2 Å². The number of nitrogens with one attached hydrogen (secondary N) is 2. The van der Waals surface area contributed by atoms with E-state index < -0.39 is 0 Å². The van der Waals surface area contributed by atoms with Crippen LogP contribution < -0.4 is 10.6 Å². The molecule has 2 N–H and O–H groups in total. The van der Waals surface area contributed by atoms with Crippen molar-refractivity contribution in [3.05, 3.63) is 58.7 Å². The third kappa shape index (κ3) is 18.3. The fourth-order valence-electron chi connectivity index (χ4n) is 8.17. The Bertz CT molecular complexity index is 1330. The lowest BCUT2D eigenvalue weighted by atomic mass is 9.82. The summed E-state index contributed by atoms with van der Waals surface area (Å²) in [5.74, 6) is -0.941. The molecule has 6 heteroatoms. The van der Waals surface area contributed by atoms with Crippen molar-refractivity contribution in [3.8, 4) is 0 Å². The van der Waals surface area contributed by atoms with Crippen molar-refractivity contribution in [2.75, 3.05) is 10.6 Å². The smallest absolute Gasteiger partial charge is 0.224 e. The summed E-state index contributed by atoms with van der Waals surface area (Å²) >= 11 is 0. The highest BCUT2D eigenvalue weighted by Gasteiger charge is 2.34. The number of benzene rings is 2. The van der Waals surface area contributed by atoms with Gasteiger partial charge in [-0.2, -0.15) is 0 Å². The molecule has 0 fully saturated rings. The first-order valence-corrected chi connectivity index (χ1v) is 23.4. The highest BCUT2D eigenvalue weighted by atomic mass is 16.2. The first kappa shape index (κ1) is 47.1. The van der Waals surface area contributed by atoms with Crippen molar-refractivity contribution in [1.29, 1.82) is 0 Å². The first-order chi connectivity index (χ1) is 27.5. The Kier molecular flexibility index (Phi) is 25.1. The van der Waals surface area contributed by atoms with Crippen LogP contribution in [0, 0.1) is 0 Å². The molecule has 2 amide bonds. The summed E-state index contributed by atoms with van der Waals surface area (Å²) in [5, 5.41) is 5.88. The number of unbranched alkanes of at least 4 members (excludes halogenated alkanes) is 28. The largest absolute Gasteiger partial charge is 0.325 e. The Morgan fingerprint density at radius 1 is 0.375 bits per heavy atom. The van der Waals surface area contributed by atoms with Gasteiger partial charge in [-0.05, 0) is 25.0 Å². The maximum Gasteiger partial charge on any atom is 0.224 e. The van der Waals surface area contributed by atoms with Crippen LogP contribution in [-0.2, 0) is 9.59 Å². The van der Waals surface area contributed by atoms with E-state index in [0.29, 0.717) is 35.3 Å². The second-order valence-corrected chi connectivity index (χ2v) is 16.6. The van der Waals surface area contributed by atoms with Gasteiger partial charge in [0.25, 0.3) is 0 Å². The van der Waals surface area contributed by atoms with Crippen LogP contribution >= 0.6 is 0 Å². The van der Waals surface area contributed by atoms with E-state index in [-0.39, 0.29) is 34.5 Å². The van der Waals surface area contributed by atoms with E-state index in [9.17, 15) is 19.2 Å². The lowest BCUT2D eigenvalue weighted by Gasteiger charge is -2.23. The maximum absolute atomic E-state index is 13.8. The summed E-state index contributed by atoms with van der Waals surface area (Å²) in [6.07, 6.45) is 38.7. The van der Waals surface area contributed by atoms with E-state index >= 15 is 0 Å². The third-order valence-electron chi connectivity index (χ3n) is 11.6. The topological polar surface area (TPSA) is 92.3 Å². The summed E-state index contributed by atoms with van der Waals surface area (Å²) < 4.78 is 0. The molecule has 0 atom stereocenters. The zero-order valence-electron chi connectivity index (χ0n) is 35.7. The molecule has 2 aromatic carbocycles. The van der Waals surface area contributed by atoms with E-state index in [1.165, 1.54) is 154 Å². The number of fused-ring (bicyclic) bond motifs is 2. The van der Waals surface area contributed by atoms with Gasteiger partial charge in [0.2, 0.25) is 11.8 Å². The Labute approximate surface area is 341 Å². The first-order valence-electron chi connectivity index (χ1n) is 23.4. The minimum Gasteiger partial charge on any atom is -0.325 e. The maximum atomic E-state index is 13.8. The Morgan fingerprint density at radius 3 is 0.893 bits per heavy atom. The van der Waals surface area contributed by atoms with Crippen molar-refractivity contribution >= 4 is 34.8 Å². The van der Waals surface area contributed by atoms with Crippen LogP contribution in [0.1, 0.15) is 251 Å². The van der Waals surface area contributed by atoms with Gasteiger partial charge in [-0.3, -0.25) is 19.2 Å². The summed E-state index contributed by atoms with van der Waals surface area (Å²) in [6.45, 7) is 4.53. The van der Waals surface area contributed by atoms with Gasteiger partial charge in [0, 0.05) is 24.0 Å². The highest BCUT2D eigenvalue weighted by molar-refractivity contribution is 6.32. The number of rotatable bonds is 34. The molecule has 6 nitrogen and oxygen atoms in total. The molecule has 0 radical (unpaired) electrons. The zero-order valence-corrected chi connectivity index (χ0v) is 35.7. The minimum atomic E-state index is -0.309. The molecule has 0 bridgehead atoms. The Balaban J connectivity index is 1.37. The van der Waals surface area contributed by atoms with Gasteiger partial charge in [0.1, 0.15) is 0 Å².